The van der Waals surface area contributed by atoms with E-state index in [-0.39, 0.29) is 11.7 Å². The Morgan fingerprint density at radius 3 is 2.71 bits per heavy atom. The van der Waals surface area contributed by atoms with Gasteiger partial charge in [-0.2, -0.15) is 10.2 Å². The highest BCUT2D eigenvalue weighted by molar-refractivity contribution is 6.05. The third-order valence-electron chi connectivity index (χ3n) is 5.97. The molecule has 1 aliphatic rings. The molecule has 0 bridgehead atoms. The van der Waals surface area contributed by atoms with E-state index in [9.17, 15) is 9.18 Å². The van der Waals surface area contributed by atoms with Crippen molar-refractivity contribution in [1.82, 2.24) is 29.9 Å². The topological polar surface area (TPSA) is 77.6 Å². The van der Waals surface area contributed by atoms with Crippen molar-refractivity contribution in [3.05, 3.63) is 70.6 Å². The molecule has 1 fully saturated rings. The molecule has 0 spiro atoms. The number of fused-ring (bicyclic) bond motifs is 1. The largest absolute Gasteiger partial charge is 0.348 e. The Balaban J connectivity index is 1.55. The van der Waals surface area contributed by atoms with Gasteiger partial charge in [-0.25, -0.2) is 14.1 Å². The number of pyridine rings is 1. The number of amides is 1. The SMILES string of the molecule is Cc1nn(C)c(C)c1CNC(=O)c1cc(C2CC2)nc2c1cnn2-c1ccccc1F. The number of nitrogens with one attached hydrogen (secondary N) is 1. The van der Waals surface area contributed by atoms with E-state index in [1.807, 2.05) is 31.6 Å². The number of carbonyl (C=O) groups is 1. The fraction of sp³-hybridized carbons (Fsp3) is 0.304. The summed E-state index contributed by atoms with van der Waals surface area (Å²) < 4.78 is 17.7. The van der Waals surface area contributed by atoms with Gasteiger partial charge in [0.1, 0.15) is 11.5 Å². The van der Waals surface area contributed by atoms with Crippen LogP contribution in [0.1, 0.15) is 51.8 Å². The Labute approximate surface area is 178 Å². The molecule has 1 N–H and O–H groups in total. The Morgan fingerprint density at radius 2 is 2.03 bits per heavy atom. The van der Waals surface area contributed by atoms with Gasteiger partial charge in [0.25, 0.3) is 5.91 Å². The Bertz CT molecular complexity index is 1320. The smallest absolute Gasteiger partial charge is 0.252 e. The van der Waals surface area contributed by atoms with Gasteiger partial charge < -0.3 is 5.32 Å². The maximum atomic E-state index is 14.4. The number of benzene rings is 1. The van der Waals surface area contributed by atoms with Crippen LogP contribution in [0.3, 0.4) is 0 Å². The second-order valence-corrected chi connectivity index (χ2v) is 8.07. The lowest BCUT2D eigenvalue weighted by Gasteiger charge is -2.10. The summed E-state index contributed by atoms with van der Waals surface area (Å²) in [6.45, 7) is 4.30. The van der Waals surface area contributed by atoms with E-state index >= 15 is 0 Å². The molecule has 0 saturated heterocycles. The standard InChI is InChI=1S/C23H23FN6O/c1-13-17(14(2)29(3)28-13)11-25-23(31)16-10-20(15-8-9-15)27-22-18(16)12-26-30(22)21-7-5-4-6-19(21)24/h4-7,10,12,15H,8-9,11H2,1-3H3,(H,25,31). The summed E-state index contributed by atoms with van der Waals surface area (Å²) in [5.74, 6) is -0.257. The average molecular weight is 418 g/mol. The molecule has 0 radical (unpaired) electrons. The van der Waals surface area contributed by atoms with Crippen molar-refractivity contribution in [3.8, 4) is 5.69 Å². The number of carbonyl (C=O) groups excluding carboxylic acids is 1. The minimum Gasteiger partial charge on any atom is -0.348 e. The lowest BCUT2D eigenvalue weighted by atomic mass is 10.1. The van der Waals surface area contributed by atoms with Gasteiger partial charge in [-0.3, -0.25) is 9.48 Å². The molecular formula is C23H23FN6O. The summed E-state index contributed by atoms with van der Waals surface area (Å²) in [4.78, 5) is 17.9. The minimum absolute atomic E-state index is 0.204. The normalized spacial score (nSPS) is 13.7. The van der Waals surface area contributed by atoms with Crippen molar-refractivity contribution < 1.29 is 9.18 Å². The second kappa shape index (κ2) is 7.30. The highest BCUT2D eigenvalue weighted by atomic mass is 19.1. The molecule has 1 aromatic carbocycles. The van der Waals surface area contributed by atoms with Crippen molar-refractivity contribution >= 4 is 16.9 Å². The van der Waals surface area contributed by atoms with E-state index in [2.05, 4.69) is 15.5 Å². The van der Waals surface area contributed by atoms with Gasteiger partial charge in [-0.05, 0) is 44.9 Å². The van der Waals surface area contributed by atoms with E-state index in [1.165, 1.54) is 10.7 Å². The first-order valence-corrected chi connectivity index (χ1v) is 10.3. The summed E-state index contributed by atoms with van der Waals surface area (Å²) in [6, 6.07) is 8.28. The van der Waals surface area contributed by atoms with Crippen molar-refractivity contribution in [2.45, 2.75) is 39.2 Å². The molecule has 1 saturated carbocycles. The van der Waals surface area contributed by atoms with Crippen molar-refractivity contribution in [2.24, 2.45) is 7.05 Å². The summed E-state index contributed by atoms with van der Waals surface area (Å²) in [6.07, 6.45) is 3.67. The first kappa shape index (κ1) is 19.4. The maximum absolute atomic E-state index is 14.4. The summed E-state index contributed by atoms with van der Waals surface area (Å²) >= 11 is 0. The number of hydrogen-bond acceptors (Lipinski definition) is 4. The van der Waals surface area contributed by atoms with Crippen LogP contribution >= 0.6 is 0 Å². The van der Waals surface area contributed by atoms with E-state index < -0.39 is 0 Å². The monoisotopic (exact) mass is 418 g/mol. The van der Waals surface area contributed by atoms with Gasteiger partial charge in [0.2, 0.25) is 0 Å². The zero-order chi connectivity index (χ0) is 21.7. The average Bonchev–Trinajstić information content (AvgIpc) is 3.47. The van der Waals surface area contributed by atoms with Gasteiger partial charge in [0.05, 0.1) is 22.8 Å². The number of aromatic nitrogens is 5. The summed E-state index contributed by atoms with van der Waals surface area (Å²) in [5, 5.41) is 12.4. The van der Waals surface area contributed by atoms with E-state index in [1.54, 1.807) is 24.4 Å². The number of aryl methyl sites for hydroxylation is 2. The highest BCUT2D eigenvalue weighted by Gasteiger charge is 2.28. The number of rotatable bonds is 5. The number of halogens is 1. The zero-order valence-electron chi connectivity index (χ0n) is 17.7. The molecule has 1 amide bonds. The zero-order valence-corrected chi connectivity index (χ0v) is 17.7. The molecule has 7 nitrogen and oxygen atoms in total. The van der Waals surface area contributed by atoms with E-state index in [0.29, 0.717) is 34.7 Å². The van der Waals surface area contributed by atoms with Crippen LogP contribution < -0.4 is 5.32 Å². The maximum Gasteiger partial charge on any atom is 0.252 e. The highest BCUT2D eigenvalue weighted by Crippen LogP contribution is 2.40. The van der Waals surface area contributed by atoms with Crippen molar-refractivity contribution in [2.75, 3.05) is 0 Å². The van der Waals surface area contributed by atoms with E-state index in [0.717, 1.165) is 35.5 Å². The summed E-state index contributed by atoms with van der Waals surface area (Å²) in [7, 11) is 1.89. The molecule has 31 heavy (non-hydrogen) atoms. The van der Waals surface area contributed by atoms with Crippen LogP contribution in [0.15, 0.2) is 36.5 Å². The minimum atomic E-state index is -0.389. The molecule has 0 aliphatic heterocycles. The van der Waals surface area contributed by atoms with Gasteiger partial charge >= 0.3 is 0 Å². The Morgan fingerprint density at radius 1 is 1.26 bits per heavy atom. The molecule has 3 aromatic heterocycles. The first-order chi connectivity index (χ1) is 14.9. The van der Waals surface area contributed by atoms with E-state index in [4.69, 9.17) is 4.98 Å². The van der Waals surface area contributed by atoms with Crippen LogP contribution in [0, 0.1) is 19.7 Å². The van der Waals surface area contributed by atoms with Crippen LogP contribution in [0.4, 0.5) is 4.39 Å². The Hall–Kier alpha value is -3.55. The third kappa shape index (κ3) is 3.37. The fourth-order valence-electron chi connectivity index (χ4n) is 3.93. The Kier molecular flexibility index (Phi) is 4.57. The quantitative estimate of drug-likeness (QED) is 0.536. The van der Waals surface area contributed by atoms with Gasteiger partial charge in [-0.15, -0.1) is 0 Å². The van der Waals surface area contributed by atoms with Crippen LogP contribution in [0.25, 0.3) is 16.7 Å². The molecule has 5 rings (SSSR count). The lowest BCUT2D eigenvalue weighted by Crippen LogP contribution is -2.24. The molecule has 158 valence electrons. The molecule has 1 aliphatic carbocycles. The lowest BCUT2D eigenvalue weighted by molar-refractivity contribution is 0.0952. The van der Waals surface area contributed by atoms with Gasteiger partial charge in [-0.1, -0.05) is 12.1 Å². The molecule has 0 unspecified atom stereocenters. The van der Waals surface area contributed by atoms with Crippen LogP contribution in [-0.4, -0.2) is 30.5 Å². The molecular weight excluding hydrogens is 395 g/mol. The van der Waals surface area contributed by atoms with Crippen LogP contribution in [0.2, 0.25) is 0 Å². The number of nitrogens with zero attached hydrogens (tertiary/aromatic N) is 5. The van der Waals surface area contributed by atoms with Crippen LogP contribution in [-0.2, 0) is 13.6 Å². The predicted molar refractivity (Wildman–Crippen MR) is 115 cm³/mol. The van der Waals surface area contributed by atoms with Gasteiger partial charge in [0.15, 0.2) is 5.65 Å². The third-order valence-corrected chi connectivity index (χ3v) is 5.97. The molecule has 8 heteroatoms. The summed E-state index contributed by atoms with van der Waals surface area (Å²) in [5.41, 5.74) is 5.08. The number of hydrogen-bond donors (Lipinski definition) is 1. The first-order valence-electron chi connectivity index (χ1n) is 10.3. The predicted octanol–water partition coefficient (Wildman–Crippen LogP) is 3.72. The second-order valence-electron chi connectivity index (χ2n) is 8.07. The van der Waals surface area contributed by atoms with Crippen molar-refractivity contribution in [1.29, 1.82) is 0 Å². The van der Waals surface area contributed by atoms with Crippen molar-refractivity contribution in [3.63, 3.8) is 0 Å². The molecule has 4 aromatic rings. The van der Waals surface area contributed by atoms with Crippen LogP contribution in [0.5, 0.6) is 0 Å². The van der Waals surface area contributed by atoms with Gasteiger partial charge in [0, 0.05) is 36.5 Å². The fourth-order valence-corrected chi connectivity index (χ4v) is 3.93. The number of para-hydroxylation sites is 1. The molecule has 3 heterocycles. The molecule has 0 atom stereocenters.